The predicted molar refractivity (Wildman–Crippen MR) is 126 cm³/mol. The number of benzene rings is 2. The summed E-state index contributed by atoms with van der Waals surface area (Å²) in [6.07, 6.45) is -3.68. The lowest BCUT2D eigenvalue weighted by atomic mass is 10.0. The van der Waals surface area contributed by atoms with Gasteiger partial charge in [0, 0.05) is 29.1 Å². The molecule has 2 aromatic carbocycles. The van der Waals surface area contributed by atoms with Crippen LogP contribution in [0.15, 0.2) is 56.7 Å². The van der Waals surface area contributed by atoms with E-state index in [1.165, 1.54) is 14.0 Å². The molecule has 0 bridgehead atoms. The highest BCUT2D eigenvalue weighted by atomic mass is 35.5. The van der Waals surface area contributed by atoms with E-state index >= 15 is 0 Å². The molecule has 0 saturated heterocycles. The summed E-state index contributed by atoms with van der Waals surface area (Å²) in [5.74, 6) is -1.37. The Morgan fingerprint density at radius 3 is 2.36 bits per heavy atom. The van der Waals surface area contributed by atoms with Gasteiger partial charge in [-0.15, -0.1) is 0 Å². The smallest absolute Gasteiger partial charge is 0.416 e. The molecule has 2 N–H and O–H groups in total. The van der Waals surface area contributed by atoms with Crippen molar-refractivity contribution in [3.63, 3.8) is 0 Å². The van der Waals surface area contributed by atoms with Gasteiger partial charge in [0.2, 0.25) is 0 Å². The van der Waals surface area contributed by atoms with Crippen LogP contribution in [-0.4, -0.2) is 29.8 Å². The molecule has 0 unspecified atom stereocenters. The molecule has 0 saturated carbocycles. The fourth-order valence-electron chi connectivity index (χ4n) is 3.13. The molecule has 1 amide bonds. The molecule has 196 valence electrons. The number of allylic oxidation sites excluding steroid dienone is 2. The SMILES string of the molecule is C/C(Cl)=C(NC(=O)c1ccc(OC(F)F)c2oc3ccc(C(F)(F)F)cc3c12)\C(Cl)=C/N(C)O.CC. The maximum atomic E-state index is 13.3. The van der Waals surface area contributed by atoms with E-state index in [0.717, 1.165) is 36.5 Å². The third kappa shape index (κ3) is 6.59. The lowest BCUT2D eigenvalue weighted by molar-refractivity contribution is -0.137. The average molecular weight is 555 g/mol. The average Bonchev–Trinajstić information content (AvgIpc) is 3.16. The minimum absolute atomic E-state index is 0.0155. The maximum absolute atomic E-state index is 13.3. The summed E-state index contributed by atoms with van der Waals surface area (Å²) in [7, 11) is 1.24. The Kier molecular flexibility index (Phi) is 9.58. The van der Waals surface area contributed by atoms with Crippen molar-refractivity contribution in [2.24, 2.45) is 0 Å². The molecule has 0 radical (unpaired) electrons. The lowest BCUT2D eigenvalue weighted by Crippen LogP contribution is -2.24. The van der Waals surface area contributed by atoms with Gasteiger partial charge in [-0.2, -0.15) is 22.0 Å². The molecule has 36 heavy (non-hydrogen) atoms. The number of fused-ring (bicyclic) bond motifs is 3. The van der Waals surface area contributed by atoms with Gasteiger partial charge < -0.3 is 14.5 Å². The third-order valence-corrected chi connectivity index (χ3v) is 4.97. The van der Waals surface area contributed by atoms with Crippen LogP contribution in [0.25, 0.3) is 21.9 Å². The zero-order valence-corrected chi connectivity index (χ0v) is 20.8. The number of ether oxygens (including phenoxy) is 1. The van der Waals surface area contributed by atoms with Gasteiger partial charge >= 0.3 is 12.8 Å². The number of halogens is 7. The van der Waals surface area contributed by atoms with Crippen LogP contribution in [0.5, 0.6) is 5.75 Å². The molecule has 0 fully saturated rings. The van der Waals surface area contributed by atoms with Gasteiger partial charge in [-0.25, -0.2) is 0 Å². The number of furan rings is 1. The first-order valence-corrected chi connectivity index (χ1v) is 11.0. The maximum Gasteiger partial charge on any atom is 0.416 e. The topological polar surface area (TPSA) is 74.9 Å². The second kappa shape index (κ2) is 11.8. The molecule has 0 spiro atoms. The van der Waals surface area contributed by atoms with Gasteiger partial charge in [0.05, 0.1) is 21.9 Å². The van der Waals surface area contributed by atoms with Crippen LogP contribution in [0.3, 0.4) is 0 Å². The number of carbonyl (C=O) groups is 1. The number of nitrogens with one attached hydrogen (secondary N) is 1. The van der Waals surface area contributed by atoms with Gasteiger partial charge in [-0.1, -0.05) is 37.0 Å². The van der Waals surface area contributed by atoms with Crippen LogP contribution in [0.2, 0.25) is 0 Å². The molecular weight excluding hydrogens is 534 g/mol. The van der Waals surface area contributed by atoms with E-state index in [-0.39, 0.29) is 43.3 Å². The molecule has 3 rings (SSSR count). The molecule has 0 aliphatic heterocycles. The number of carbonyl (C=O) groups excluding carboxylic acids is 1. The lowest BCUT2D eigenvalue weighted by Gasteiger charge is -2.13. The molecule has 0 aliphatic carbocycles. The number of nitrogens with zero attached hydrogens (tertiary/aromatic N) is 1. The van der Waals surface area contributed by atoms with Crippen molar-refractivity contribution in [1.82, 2.24) is 10.4 Å². The highest BCUT2D eigenvalue weighted by Crippen LogP contribution is 2.40. The van der Waals surface area contributed by atoms with E-state index < -0.39 is 30.0 Å². The Hall–Kier alpha value is -3.02. The fourth-order valence-corrected chi connectivity index (χ4v) is 3.66. The van der Waals surface area contributed by atoms with Gasteiger partial charge in [0.15, 0.2) is 11.3 Å². The Bertz CT molecular complexity index is 1310. The molecular formula is C23H21Cl2F5N2O4. The molecule has 13 heteroatoms. The van der Waals surface area contributed by atoms with Crippen molar-refractivity contribution in [1.29, 1.82) is 0 Å². The first kappa shape index (κ1) is 29.2. The summed E-state index contributed by atoms with van der Waals surface area (Å²) in [6.45, 7) is 2.14. The van der Waals surface area contributed by atoms with Crippen LogP contribution in [0, 0.1) is 0 Å². The predicted octanol–water partition coefficient (Wildman–Crippen LogP) is 7.83. The van der Waals surface area contributed by atoms with Crippen molar-refractivity contribution in [3.05, 3.63) is 63.4 Å². The number of alkyl halides is 5. The van der Waals surface area contributed by atoms with E-state index in [9.17, 15) is 32.0 Å². The number of rotatable bonds is 6. The van der Waals surface area contributed by atoms with Crippen molar-refractivity contribution in [3.8, 4) is 5.75 Å². The van der Waals surface area contributed by atoms with E-state index in [2.05, 4.69) is 10.1 Å². The Balaban J connectivity index is 0.00000222. The van der Waals surface area contributed by atoms with E-state index in [1.807, 2.05) is 13.8 Å². The molecule has 1 heterocycles. The normalized spacial score (nSPS) is 12.9. The van der Waals surface area contributed by atoms with Gasteiger partial charge in [-0.05, 0) is 37.3 Å². The number of hydrogen-bond donors (Lipinski definition) is 2. The third-order valence-electron chi connectivity index (χ3n) is 4.49. The molecule has 6 nitrogen and oxygen atoms in total. The summed E-state index contributed by atoms with van der Waals surface area (Å²) in [4.78, 5) is 13.1. The summed E-state index contributed by atoms with van der Waals surface area (Å²) in [5, 5.41) is 11.9. The monoisotopic (exact) mass is 554 g/mol. The first-order valence-electron chi connectivity index (χ1n) is 10.3. The number of hydroxylamine groups is 2. The second-order valence-electron chi connectivity index (χ2n) is 6.92. The van der Waals surface area contributed by atoms with Gasteiger partial charge in [-0.3, -0.25) is 15.1 Å². The molecule has 0 aliphatic rings. The van der Waals surface area contributed by atoms with Crippen LogP contribution in [-0.2, 0) is 6.18 Å². The van der Waals surface area contributed by atoms with E-state index in [0.29, 0.717) is 5.06 Å². The highest BCUT2D eigenvalue weighted by Gasteiger charge is 2.32. The zero-order chi connectivity index (χ0) is 27.4. The first-order chi connectivity index (χ1) is 16.8. The summed E-state index contributed by atoms with van der Waals surface area (Å²) < 4.78 is 75.5. The van der Waals surface area contributed by atoms with Crippen LogP contribution >= 0.6 is 23.2 Å². The standard InChI is InChI=1S/C21H15Cl2F5N2O4.C2H6/c1-9(22)17(13(23)8-30(2)32)29-19(31)11-4-6-15(34-20(24)25)18-16(11)12-7-10(21(26,27)28)3-5-14(12)33-18;1-2/h3-8,20,32H,1-2H3,(H,29,31);1-2H3/b13-8+,17-9-;. The van der Waals surface area contributed by atoms with E-state index in [1.54, 1.807) is 0 Å². The highest BCUT2D eigenvalue weighted by molar-refractivity contribution is 6.35. The van der Waals surface area contributed by atoms with Crippen molar-refractivity contribution in [2.75, 3.05) is 7.05 Å². The van der Waals surface area contributed by atoms with Crippen molar-refractivity contribution >= 4 is 51.0 Å². The van der Waals surface area contributed by atoms with Crippen LogP contribution in [0.1, 0.15) is 36.7 Å². The Morgan fingerprint density at radius 2 is 1.83 bits per heavy atom. The molecule has 0 atom stereocenters. The minimum Gasteiger partial charge on any atom is -0.452 e. The van der Waals surface area contributed by atoms with Crippen molar-refractivity contribution < 1.29 is 41.1 Å². The van der Waals surface area contributed by atoms with Crippen LogP contribution in [0.4, 0.5) is 22.0 Å². The summed E-state index contributed by atoms with van der Waals surface area (Å²) in [5.41, 5.74) is -1.83. The molecule has 1 aromatic heterocycles. The van der Waals surface area contributed by atoms with Gasteiger partial charge in [0.1, 0.15) is 5.58 Å². The van der Waals surface area contributed by atoms with E-state index in [4.69, 9.17) is 27.6 Å². The zero-order valence-electron chi connectivity index (χ0n) is 19.3. The number of hydrogen-bond acceptors (Lipinski definition) is 5. The number of amides is 1. The Morgan fingerprint density at radius 1 is 1.19 bits per heavy atom. The van der Waals surface area contributed by atoms with Crippen LogP contribution < -0.4 is 10.1 Å². The summed E-state index contributed by atoms with van der Waals surface area (Å²) >= 11 is 12.1. The minimum atomic E-state index is -4.71. The van der Waals surface area contributed by atoms with Crippen molar-refractivity contribution in [2.45, 2.75) is 33.6 Å². The quantitative estimate of drug-likeness (QED) is 0.184. The van der Waals surface area contributed by atoms with Gasteiger partial charge in [0.25, 0.3) is 5.91 Å². The summed E-state index contributed by atoms with van der Waals surface area (Å²) in [6, 6.07) is 4.61. The molecule has 3 aromatic rings. The Labute approximate surface area is 212 Å². The largest absolute Gasteiger partial charge is 0.452 e. The second-order valence-corrected chi connectivity index (χ2v) is 7.89. The fraction of sp³-hybridized carbons (Fsp3) is 0.261.